The van der Waals surface area contributed by atoms with E-state index in [0.29, 0.717) is 36.0 Å². The first kappa shape index (κ1) is 24.9. The van der Waals surface area contributed by atoms with E-state index in [1.54, 1.807) is 12.4 Å². The molecular formula is C28H28F2N8O. The Hall–Kier alpha value is -4.41. The fraction of sp³-hybridized carbons (Fsp3) is 0.321. The van der Waals surface area contributed by atoms with E-state index in [2.05, 4.69) is 35.3 Å². The number of ether oxygens (including phenoxy) is 1. The van der Waals surface area contributed by atoms with E-state index in [9.17, 15) is 4.39 Å². The quantitative estimate of drug-likeness (QED) is 0.464. The highest BCUT2D eigenvalue weighted by Crippen LogP contribution is 2.36. The van der Waals surface area contributed by atoms with Crippen molar-refractivity contribution in [2.24, 2.45) is 4.99 Å². The van der Waals surface area contributed by atoms with Gasteiger partial charge in [-0.2, -0.15) is 15.1 Å². The standard InChI is InChI=1S/C28H28F2N8O/c1-3-4-18-11-24(32-14-18)34-25-13-26(37-7-5-19(6-8-37)38-16-31-15-33-38)36-28(35-25)39-23-12-22(29)20-9-17(2)10-21(20)27(23)30/h3-4,10-13,15-16,19H,5-9,14H2,1-2H3,(H,32,34,35,36)/b4-3+. The molecule has 3 aromatic rings. The smallest absolute Gasteiger partial charge is 0.326 e. The van der Waals surface area contributed by atoms with Gasteiger partial charge in [-0.25, -0.2) is 18.4 Å². The van der Waals surface area contributed by atoms with Crippen LogP contribution in [0.4, 0.5) is 20.4 Å². The van der Waals surface area contributed by atoms with Gasteiger partial charge >= 0.3 is 6.01 Å². The van der Waals surface area contributed by atoms with Gasteiger partial charge in [0.15, 0.2) is 11.6 Å². The summed E-state index contributed by atoms with van der Waals surface area (Å²) in [6, 6.07) is 3.06. The summed E-state index contributed by atoms with van der Waals surface area (Å²) in [4.78, 5) is 19.7. The average Bonchev–Trinajstić information content (AvgIpc) is 3.69. The van der Waals surface area contributed by atoms with E-state index < -0.39 is 11.6 Å². The number of hydrogen-bond acceptors (Lipinski definition) is 8. The number of allylic oxidation sites excluding steroid dienone is 2. The lowest BCUT2D eigenvalue weighted by atomic mass is 10.1. The second kappa shape index (κ2) is 10.4. The van der Waals surface area contributed by atoms with Gasteiger partial charge in [-0.15, -0.1) is 0 Å². The lowest BCUT2D eigenvalue weighted by Gasteiger charge is -2.32. The summed E-state index contributed by atoms with van der Waals surface area (Å²) in [5.41, 5.74) is 2.52. The zero-order valence-electron chi connectivity index (χ0n) is 21.7. The molecule has 9 nitrogen and oxygen atoms in total. The highest BCUT2D eigenvalue weighted by atomic mass is 19.1. The molecule has 2 aliphatic heterocycles. The SMILES string of the molecule is C/C=C/C1=CC(Nc2cc(N3CCC(n4cncn4)CC3)nc(Oc3cc(F)c4c(c3F)C=C(C)C4)n2)=NC1. The van der Waals surface area contributed by atoms with Crippen LogP contribution in [-0.4, -0.2) is 50.2 Å². The number of halogens is 2. The van der Waals surface area contributed by atoms with Gasteiger partial charge in [0.1, 0.15) is 35.9 Å². The molecule has 6 rings (SSSR count). The lowest BCUT2D eigenvalue weighted by molar-refractivity contribution is 0.363. The number of aliphatic imine (C=N–C) groups is 1. The summed E-state index contributed by atoms with van der Waals surface area (Å²) in [5, 5.41) is 7.49. The largest absolute Gasteiger partial charge is 0.421 e. The van der Waals surface area contributed by atoms with Crippen LogP contribution in [0.1, 0.15) is 43.9 Å². The van der Waals surface area contributed by atoms with Crippen molar-refractivity contribution in [3.63, 3.8) is 0 Å². The molecule has 0 spiro atoms. The van der Waals surface area contributed by atoms with Crippen molar-refractivity contribution >= 4 is 23.5 Å². The van der Waals surface area contributed by atoms with Gasteiger partial charge in [-0.05, 0) is 44.8 Å². The first-order chi connectivity index (χ1) is 19.0. The first-order valence-electron chi connectivity index (χ1n) is 13.0. The van der Waals surface area contributed by atoms with Gasteiger partial charge in [0.2, 0.25) is 0 Å². The first-order valence-corrected chi connectivity index (χ1v) is 13.0. The Kier molecular flexibility index (Phi) is 6.64. The van der Waals surface area contributed by atoms with Crippen LogP contribution >= 0.6 is 0 Å². The van der Waals surface area contributed by atoms with Gasteiger partial charge in [0, 0.05) is 36.3 Å². The van der Waals surface area contributed by atoms with Crippen LogP contribution in [0.5, 0.6) is 11.8 Å². The van der Waals surface area contributed by atoms with Crippen LogP contribution in [0.3, 0.4) is 0 Å². The molecule has 1 N–H and O–H groups in total. The highest BCUT2D eigenvalue weighted by Gasteiger charge is 2.26. The average molecular weight is 531 g/mol. The van der Waals surface area contributed by atoms with Gasteiger partial charge in [0.05, 0.1) is 12.6 Å². The molecule has 0 atom stereocenters. The molecule has 3 aliphatic rings. The molecule has 0 unspecified atom stereocenters. The summed E-state index contributed by atoms with van der Waals surface area (Å²) < 4.78 is 37.8. The Morgan fingerprint density at radius 1 is 1.13 bits per heavy atom. The molecule has 200 valence electrons. The van der Waals surface area contributed by atoms with Crippen molar-refractivity contribution in [2.75, 3.05) is 29.9 Å². The van der Waals surface area contributed by atoms with Crippen molar-refractivity contribution in [2.45, 2.75) is 39.2 Å². The van der Waals surface area contributed by atoms with Gasteiger partial charge in [-0.3, -0.25) is 4.99 Å². The van der Waals surface area contributed by atoms with Crippen LogP contribution in [0.15, 0.2) is 59.2 Å². The van der Waals surface area contributed by atoms with Crippen LogP contribution in [0.25, 0.3) is 6.08 Å². The predicted molar refractivity (Wildman–Crippen MR) is 145 cm³/mol. The zero-order valence-corrected chi connectivity index (χ0v) is 21.7. The molecule has 0 amide bonds. The van der Waals surface area contributed by atoms with Crippen LogP contribution < -0.4 is 15.0 Å². The molecule has 11 heteroatoms. The van der Waals surface area contributed by atoms with Crippen molar-refractivity contribution in [1.29, 1.82) is 0 Å². The molecule has 0 radical (unpaired) electrons. The molecule has 0 saturated carbocycles. The van der Waals surface area contributed by atoms with E-state index in [0.717, 1.165) is 43.1 Å². The number of fused-ring (bicyclic) bond motifs is 1. The van der Waals surface area contributed by atoms with E-state index in [4.69, 9.17) is 4.74 Å². The number of nitrogens with zero attached hydrogens (tertiary/aromatic N) is 7. The van der Waals surface area contributed by atoms with Crippen LogP contribution in [-0.2, 0) is 6.42 Å². The number of hydrogen-bond donors (Lipinski definition) is 1. The maximum absolute atomic E-state index is 15.3. The third kappa shape index (κ3) is 5.16. The summed E-state index contributed by atoms with van der Waals surface area (Å²) in [5.74, 6) is 0.328. The van der Waals surface area contributed by atoms with E-state index in [-0.39, 0.29) is 23.4 Å². The molecule has 2 aromatic heterocycles. The van der Waals surface area contributed by atoms with Crippen molar-refractivity contribution in [3.05, 3.63) is 76.9 Å². The van der Waals surface area contributed by atoms with Crippen molar-refractivity contribution < 1.29 is 13.5 Å². The van der Waals surface area contributed by atoms with Crippen LogP contribution in [0.2, 0.25) is 0 Å². The Balaban J connectivity index is 1.29. The number of piperidine rings is 1. The molecule has 0 bridgehead atoms. The van der Waals surface area contributed by atoms with Crippen LogP contribution in [0, 0.1) is 11.6 Å². The number of benzene rings is 1. The minimum Gasteiger partial charge on any atom is -0.421 e. The summed E-state index contributed by atoms with van der Waals surface area (Å²) in [6.45, 7) is 5.81. The summed E-state index contributed by atoms with van der Waals surface area (Å²) in [7, 11) is 0. The summed E-state index contributed by atoms with van der Waals surface area (Å²) >= 11 is 0. The maximum Gasteiger partial charge on any atom is 0.326 e. The summed E-state index contributed by atoms with van der Waals surface area (Å²) in [6.07, 6.45) is 12.9. The Morgan fingerprint density at radius 2 is 1.97 bits per heavy atom. The number of anilines is 2. The second-order valence-electron chi connectivity index (χ2n) is 9.87. The van der Waals surface area contributed by atoms with E-state index >= 15 is 4.39 Å². The van der Waals surface area contributed by atoms with Crippen molar-refractivity contribution in [1.82, 2.24) is 24.7 Å². The van der Waals surface area contributed by atoms with Gasteiger partial charge in [0.25, 0.3) is 0 Å². The van der Waals surface area contributed by atoms with Crippen molar-refractivity contribution in [3.8, 4) is 11.8 Å². The fourth-order valence-corrected chi connectivity index (χ4v) is 5.15. The normalized spacial score (nSPS) is 17.3. The zero-order chi connectivity index (χ0) is 26.9. The molecule has 1 saturated heterocycles. The molecule has 39 heavy (non-hydrogen) atoms. The highest BCUT2D eigenvalue weighted by molar-refractivity contribution is 6.05. The second-order valence-corrected chi connectivity index (χ2v) is 9.87. The number of nitrogens with one attached hydrogen (secondary N) is 1. The number of rotatable bonds is 6. The number of aromatic nitrogens is 5. The Labute approximate surface area is 224 Å². The third-order valence-electron chi connectivity index (χ3n) is 7.05. The molecule has 4 heterocycles. The van der Waals surface area contributed by atoms with Gasteiger partial charge < -0.3 is 15.0 Å². The van der Waals surface area contributed by atoms with E-state index in [1.807, 2.05) is 42.8 Å². The monoisotopic (exact) mass is 530 g/mol. The Bertz CT molecular complexity index is 1520. The molecule has 1 fully saturated rings. The minimum absolute atomic E-state index is 0.0818. The number of amidine groups is 1. The third-order valence-corrected chi connectivity index (χ3v) is 7.05. The lowest BCUT2D eigenvalue weighted by Crippen LogP contribution is -2.35. The topological polar surface area (TPSA) is 93.4 Å². The molecular weight excluding hydrogens is 502 g/mol. The maximum atomic E-state index is 15.3. The predicted octanol–water partition coefficient (Wildman–Crippen LogP) is 5.27. The van der Waals surface area contributed by atoms with Gasteiger partial charge in [-0.1, -0.05) is 23.8 Å². The molecule has 1 aromatic carbocycles. The Morgan fingerprint density at radius 3 is 2.74 bits per heavy atom. The minimum atomic E-state index is -0.625. The van der Waals surface area contributed by atoms with E-state index in [1.165, 1.54) is 6.33 Å². The fourth-order valence-electron chi connectivity index (χ4n) is 5.15. The molecule has 1 aliphatic carbocycles.